The van der Waals surface area contributed by atoms with Crippen LogP contribution in [0.2, 0.25) is 0 Å². The maximum absolute atomic E-state index is 13.7. The second-order valence-corrected chi connectivity index (χ2v) is 6.69. The zero-order chi connectivity index (χ0) is 18.7. The van der Waals surface area contributed by atoms with Crippen LogP contribution < -0.4 is 9.84 Å². The van der Waals surface area contributed by atoms with Crippen molar-refractivity contribution in [3.05, 3.63) is 29.8 Å². The summed E-state index contributed by atoms with van der Waals surface area (Å²) in [5.41, 5.74) is -0.685. The van der Waals surface area contributed by atoms with Crippen LogP contribution in [-0.4, -0.2) is 29.6 Å². The summed E-state index contributed by atoms with van der Waals surface area (Å²) in [6.07, 6.45) is -2.15. The van der Waals surface area contributed by atoms with Gasteiger partial charge in [0.25, 0.3) is 0 Å². The molecule has 0 aliphatic heterocycles. The zero-order valence-electron chi connectivity index (χ0n) is 14.3. The Morgan fingerprint density at radius 3 is 2.12 bits per heavy atom. The van der Waals surface area contributed by atoms with Gasteiger partial charge in [-0.3, -0.25) is 0 Å². The van der Waals surface area contributed by atoms with Crippen molar-refractivity contribution in [1.82, 2.24) is 0 Å². The molecule has 1 atom stereocenters. The average Bonchev–Trinajstić information content (AvgIpc) is 2.42. The molecule has 0 aliphatic carbocycles. The third kappa shape index (κ3) is 4.91. The Bertz CT molecular complexity index is 605. The molecule has 0 aliphatic rings. The van der Waals surface area contributed by atoms with Crippen LogP contribution in [0, 0.1) is 5.92 Å². The lowest BCUT2D eigenvalue weighted by molar-refractivity contribution is -0.337. The van der Waals surface area contributed by atoms with Gasteiger partial charge in [-0.15, -0.1) is 0 Å². The Morgan fingerprint density at radius 2 is 1.67 bits per heavy atom. The summed E-state index contributed by atoms with van der Waals surface area (Å²) in [5.74, 6) is -8.75. The molecule has 1 aromatic carbocycles. The number of carboxylic acid groups (broad SMARTS) is 1. The predicted molar refractivity (Wildman–Crippen MR) is 80.8 cm³/mol. The van der Waals surface area contributed by atoms with Crippen LogP contribution in [-0.2, 0) is 9.53 Å². The van der Waals surface area contributed by atoms with Crippen molar-refractivity contribution in [2.24, 2.45) is 5.92 Å². The third-order valence-corrected chi connectivity index (χ3v) is 2.99. The lowest BCUT2D eigenvalue weighted by Crippen LogP contribution is -2.53. The quantitative estimate of drug-likeness (QED) is 0.742. The lowest BCUT2D eigenvalue weighted by Gasteiger charge is -2.30. The summed E-state index contributed by atoms with van der Waals surface area (Å²) < 4.78 is 37.9. The smallest absolute Gasteiger partial charge is 0.342 e. The molecule has 0 radical (unpaired) electrons. The van der Waals surface area contributed by atoms with Gasteiger partial charge in [0.15, 0.2) is 6.10 Å². The Balaban J connectivity index is 3.12. The maximum atomic E-state index is 13.7. The number of carbonyl (C=O) groups is 2. The number of aliphatic carboxylic acids is 1. The van der Waals surface area contributed by atoms with E-state index in [9.17, 15) is 23.5 Å². The molecule has 0 fully saturated rings. The molecule has 0 spiro atoms. The van der Waals surface area contributed by atoms with Gasteiger partial charge in [-0.1, -0.05) is 26.0 Å². The normalized spacial score (nSPS) is 13.5. The number of carboxylic acids is 1. The van der Waals surface area contributed by atoms with Gasteiger partial charge in [-0.2, -0.15) is 8.78 Å². The molecule has 7 heteroatoms. The Labute approximate surface area is 139 Å². The Morgan fingerprint density at radius 1 is 1.12 bits per heavy atom. The molecule has 0 bridgehead atoms. The van der Waals surface area contributed by atoms with Crippen LogP contribution in [0.15, 0.2) is 24.3 Å². The van der Waals surface area contributed by atoms with Gasteiger partial charge in [0, 0.05) is 0 Å². The second-order valence-electron chi connectivity index (χ2n) is 6.69. The number of hydrogen-bond acceptors (Lipinski definition) is 5. The molecule has 24 heavy (non-hydrogen) atoms. The molecular weight excluding hydrogens is 322 g/mol. The first-order chi connectivity index (χ1) is 10.9. The molecule has 1 rings (SSSR count). The van der Waals surface area contributed by atoms with Crippen LogP contribution in [0.4, 0.5) is 8.78 Å². The average molecular weight is 343 g/mol. The van der Waals surface area contributed by atoms with Crippen molar-refractivity contribution in [1.29, 1.82) is 0 Å². The molecule has 1 unspecified atom stereocenters. The van der Waals surface area contributed by atoms with Crippen LogP contribution in [0.5, 0.6) is 5.75 Å². The first-order valence-electron chi connectivity index (χ1n) is 7.44. The summed E-state index contributed by atoms with van der Waals surface area (Å²) in [5, 5.41) is 10.7. The maximum Gasteiger partial charge on any atom is 0.342 e. The molecule has 0 saturated heterocycles. The summed E-state index contributed by atoms with van der Waals surface area (Å²) in [4.78, 5) is 22.9. The second kappa shape index (κ2) is 7.15. The fraction of sp³-hybridized carbons (Fsp3) is 0.529. The summed E-state index contributed by atoms with van der Waals surface area (Å²) in [6, 6.07) is 6.00. The van der Waals surface area contributed by atoms with E-state index in [2.05, 4.69) is 0 Å². The molecular formula is C17H21F2O5-. The SMILES string of the molecule is CC(C)C(OC(=O)c1ccccc1OC(C)(C)C)C(F)(F)C(=O)[O-]. The minimum absolute atomic E-state index is 0.0628. The highest BCUT2D eigenvalue weighted by Gasteiger charge is 2.46. The van der Waals surface area contributed by atoms with Crippen LogP contribution >= 0.6 is 0 Å². The van der Waals surface area contributed by atoms with Gasteiger partial charge in [-0.05, 0) is 38.8 Å². The van der Waals surface area contributed by atoms with Gasteiger partial charge in [0.2, 0.25) is 0 Å². The van der Waals surface area contributed by atoms with E-state index in [4.69, 9.17) is 9.47 Å². The fourth-order valence-corrected chi connectivity index (χ4v) is 1.98. The third-order valence-electron chi connectivity index (χ3n) is 2.99. The van der Waals surface area contributed by atoms with Crippen LogP contribution in [0.3, 0.4) is 0 Å². The number of benzene rings is 1. The van der Waals surface area contributed by atoms with E-state index in [0.717, 1.165) is 0 Å². The number of rotatable bonds is 6. The molecule has 134 valence electrons. The standard InChI is InChI=1S/C17H22F2O5/c1-10(2)13(17(18,19)15(21)22)23-14(20)11-8-6-7-9-12(11)24-16(3,4)5/h6-10,13H,1-5H3,(H,21,22)/p-1. The molecule has 0 saturated carbocycles. The van der Waals surface area contributed by atoms with Crippen molar-refractivity contribution >= 4 is 11.9 Å². The molecule has 0 amide bonds. The van der Waals surface area contributed by atoms with Crippen molar-refractivity contribution in [2.75, 3.05) is 0 Å². The predicted octanol–water partition coefficient (Wildman–Crippen LogP) is 2.43. The number of para-hydroxylation sites is 1. The monoisotopic (exact) mass is 343 g/mol. The molecule has 5 nitrogen and oxygen atoms in total. The molecule has 1 aromatic rings. The van der Waals surface area contributed by atoms with Gasteiger partial charge in [0.1, 0.15) is 22.9 Å². The highest BCUT2D eigenvalue weighted by molar-refractivity contribution is 5.93. The minimum atomic E-state index is -4.30. The number of alkyl halides is 2. The lowest BCUT2D eigenvalue weighted by atomic mass is 10.0. The topological polar surface area (TPSA) is 75.7 Å². The summed E-state index contributed by atoms with van der Waals surface area (Å²) in [7, 11) is 0. The van der Waals surface area contributed by atoms with E-state index in [1.807, 2.05) is 0 Å². The molecule has 0 heterocycles. The van der Waals surface area contributed by atoms with E-state index in [1.165, 1.54) is 32.0 Å². The van der Waals surface area contributed by atoms with E-state index < -0.39 is 35.5 Å². The summed E-state index contributed by atoms with van der Waals surface area (Å²) in [6.45, 7) is 7.93. The zero-order valence-corrected chi connectivity index (χ0v) is 14.3. The Hall–Kier alpha value is -2.18. The number of carbonyl (C=O) groups excluding carboxylic acids is 2. The van der Waals surface area contributed by atoms with E-state index in [0.29, 0.717) is 0 Å². The fourth-order valence-electron chi connectivity index (χ4n) is 1.98. The van der Waals surface area contributed by atoms with E-state index in [1.54, 1.807) is 26.8 Å². The minimum Gasteiger partial charge on any atom is -0.544 e. The first-order valence-corrected chi connectivity index (χ1v) is 7.44. The molecule has 0 aromatic heterocycles. The van der Waals surface area contributed by atoms with Crippen LogP contribution in [0.25, 0.3) is 0 Å². The largest absolute Gasteiger partial charge is 0.544 e. The van der Waals surface area contributed by atoms with Gasteiger partial charge in [0.05, 0.1) is 0 Å². The van der Waals surface area contributed by atoms with Crippen molar-refractivity contribution in [3.63, 3.8) is 0 Å². The Kier molecular flexibility index (Phi) is 5.92. The van der Waals surface area contributed by atoms with E-state index >= 15 is 0 Å². The highest BCUT2D eigenvalue weighted by atomic mass is 19.3. The summed E-state index contributed by atoms with van der Waals surface area (Å²) >= 11 is 0. The number of halogens is 2. The van der Waals surface area contributed by atoms with Gasteiger partial charge >= 0.3 is 11.9 Å². The number of ether oxygens (including phenoxy) is 2. The van der Waals surface area contributed by atoms with Crippen LogP contribution in [0.1, 0.15) is 45.0 Å². The van der Waals surface area contributed by atoms with Crippen molar-refractivity contribution in [3.8, 4) is 5.75 Å². The van der Waals surface area contributed by atoms with E-state index in [-0.39, 0.29) is 11.3 Å². The first kappa shape index (κ1) is 19.9. The number of hydrogen-bond donors (Lipinski definition) is 0. The van der Waals surface area contributed by atoms with Crippen molar-refractivity contribution in [2.45, 2.75) is 52.2 Å². The van der Waals surface area contributed by atoms with Crippen molar-refractivity contribution < 1.29 is 33.0 Å². The number of esters is 1. The van der Waals surface area contributed by atoms with Gasteiger partial charge < -0.3 is 19.4 Å². The highest BCUT2D eigenvalue weighted by Crippen LogP contribution is 2.30. The van der Waals surface area contributed by atoms with Gasteiger partial charge in [-0.25, -0.2) is 4.79 Å². The molecule has 0 N–H and O–H groups in total.